The van der Waals surface area contributed by atoms with Crippen LogP contribution in [0.3, 0.4) is 0 Å². The largest absolute Gasteiger partial charge is 0.480 e. The van der Waals surface area contributed by atoms with Crippen LogP contribution in [0.2, 0.25) is 0 Å². The summed E-state index contributed by atoms with van der Waals surface area (Å²) in [6.45, 7) is 2.45. The maximum Gasteiger partial charge on any atom is 0.320 e. The summed E-state index contributed by atoms with van der Waals surface area (Å²) in [4.78, 5) is 46.6. The molecule has 1 rings (SSSR count). The van der Waals surface area contributed by atoms with Crippen LogP contribution in [0.1, 0.15) is 55.1 Å². The smallest absolute Gasteiger partial charge is 0.320 e. The van der Waals surface area contributed by atoms with Gasteiger partial charge in [-0.25, -0.2) is 0 Å². The molecule has 36 heavy (non-hydrogen) atoms. The Morgan fingerprint density at radius 2 is 1.56 bits per heavy atom. The van der Waals surface area contributed by atoms with Gasteiger partial charge in [0.2, 0.25) is 0 Å². The van der Waals surface area contributed by atoms with Crippen LogP contribution in [0, 0.1) is 18.8 Å². The summed E-state index contributed by atoms with van der Waals surface area (Å²) in [5.74, 6) is 1.51. The van der Waals surface area contributed by atoms with Crippen LogP contribution in [0.4, 0.5) is 0 Å². The number of carbonyl (C=O) groups is 4. The summed E-state index contributed by atoms with van der Waals surface area (Å²) in [5.41, 5.74) is 2.04. The quantitative estimate of drug-likeness (QED) is 0.106. The normalized spacial score (nSPS) is 9.58. The fourth-order valence-corrected chi connectivity index (χ4v) is 2.93. The molecule has 0 heterocycles. The molecule has 1 atom stereocenters. The minimum atomic E-state index is -1.31. The van der Waals surface area contributed by atoms with Crippen LogP contribution >= 0.6 is 37.2 Å². The van der Waals surface area contributed by atoms with Crippen molar-refractivity contribution in [1.29, 1.82) is 0 Å². The van der Waals surface area contributed by atoms with Crippen molar-refractivity contribution in [2.45, 2.75) is 46.6 Å². The number of carbonyl (C=O) groups excluding carboxylic acids is 1. The molecule has 0 spiro atoms. The van der Waals surface area contributed by atoms with E-state index in [1.54, 1.807) is 13.0 Å². The first-order chi connectivity index (χ1) is 15.1. The SMILES string of the molecule is C.CC#Cc1ccc(C)c(C(=O)NCCCCC(C(=O)O)N(CC(=O)O)CC(=O)O)c1.II.O.O.[Ni]. The third-order valence-electron chi connectivity index (χ3n) is 4.34. The summed E-state index contributed by atoms with van der Waals surface area (Å²) >= 11 is 4.24. The number of hydrogen-bond acceptors (Lipinski definition) is 5. The van der Waals surface area contributed by atoms with Crippen molar-refractivity contribution in [3.8, 4) is 11.8 Å². The molecule has 210 valence electrons. The van der Waals surface area contributed by atoms with Crippen LogP contribution in [-0.2, 0) is 30.9 Å². The molecule has 0 aliphatic heterocycles. The van der Waals surface area contributed by atoms with E-state index in [-0.39, 0.29) is 47.2 Å². The Kier molecular flexibility index (Phi) is 31.1. The van der Waals surface area contributed by atoms with Gasteiger partial charge in [0.25, 0.3) is 5.91 Å². The molecule has 0 aromatic heterocycles. The van der Waals surface area contributed by atoms with E-state index in [2.05, 4.69) is 54.4 Å². The second-order valence-corrected chi connectivity index (χ2v) is 6.70. The molecule has 1 unspecified atom stereocenters. The van der Waals surface area contributed by atoms with Gasteiger partial charge in [0.1, 0.15) is 6.04 Å². The van der Waals surface area contributed by atoms with Gasteiger partial charge in [0.05, 0.1) is 13.1 Å². The monoisotopic (exact) mass is 782 g/mol. The molecular formula is C22H34I2N2NiO9. The molecule has 0 saturated heterocycles. The Balaban J connectivity index is -0.000000520. The van der Waals surface area contributed by atoms with Crippen molar-refractivity contribution in [3.63, 3.8) is 0 Å². The Labute approximate surface area is 244 Å². The van der Waals surface area contributed by atoms with Crippen molar-refractivity contribution in [3.05, 3.63) is 34.9 Å². The molecular weight excluding hydrogens is 749 g/mol. The van der Waals surface area contributed by atoms with Gasteiger partial charge in [-0.05, 0) is 50.8 Å². The van der Waals surface area contributed by atoms with Crippen LogP contribution in [0.5, 0.6) is 0 Å². The Morgan fingerprint density at radius 3 is 2.00 bits per heavy atom. The third-order valence-corrected chi connectivity index (χ3v) is 4.34. The maximum absolute atomic E-state index is 12.4. The molecule has 0 aliphatic rings. The zero-order valence-corrected chi connectivity index (χ0v) is 24.3. The average Bonchev–Trinajstić information content (AvgIpc) is 2.72. The number of rotatable bonds is 12. The number of nitrogens with zero attached hydrogens (tertiary/aromatic N) is 1. The van der Waals surface area contributed by atoms with E-state index < -0.39 is 37.0 Å². The summed E-state index contributed by atoms with van der Waals surface area (Å²) < 4.78 is 0. The van der Waals surface area contributed by atoms with Crippen LogP contribution in [0.15, 0.2) is 18.2 Å². The topological polar surface area (TPSA) is 207 Å². The summed E-state index contributed by atoms with van der Waals surface area (Å²) in [7, 11) is 0. The number of halogens is 2. The van der Waals surface area contributed by atoms with E-state index in [0.717, 1.165) is 16.0 Å². The van der Waals surface area contributed by atoms with Gasteiger partial charge >= 0.3 is 17.9 Å². The van der Waals surface area contributed by atoms with Crippen LogP contribution in [0.25, 0.3) is 0 Å². The van der Waals surface area contributed by atoms with Gasteiger partial charge in [0, 0.05) is 71.4 Å². The number of unbranched alkanes of at least 4 members (excludes halogenated alkanes) is 1. The molecule has 0 bridgehead atoms. The first kappa shape index (κ1) is 44.5. The molecule has 1 amide bonds. The molecule has 8 N–H and O–H groups in total. The molecule has 14 heteroatoms. The second-order valence-electron chi connectivity index (χ2n) is 6.70. The molecule has 0 saturated carbocycles. The van der Waals surface area contributed by atoms with E-state index in [9.17, 15) is 24.3 Å². The first-order valence-electron chi connectivity index (χ1n) is 9.52. The van der Waals surface area contributed by atoms with Gasteiger partial charge in [-0.2, -0.15) is 0 Å². The fraction of sp³-hybridized carbons (Fsp3) is 0.455. The first-order valence-corrected chi connectivity index (χ1v) is 15.8. The van der Waals surface area contributed by atoms with Crippen LogP contribution < -0.4 is 5.32 Å². The van der Waals surface area contributed by atoms with Crippen molar-refractivity contribution in [1.82, 2.24) is 10.2 Å². The van der Waals surface area contributed by atoms with Crippen molar-refractivity contribution < 1.29 is 61.9 Å². The zero-order chi connectivity index (χ0) is 24.7. The predicted octanol–water partition coefficient (Wildman–Crippen LogP) is 1.95. The standard InChI is InChI=1S/C21H26N2O7.CH4.I2.Ni.2H2O/c1-3-6-15-9-8-14(2)16(11-15)20(28)22-10-5-4-7-17(21(29)30)23(12-18(24)25)13-19(26)27;;1-2;;;/h8-9,11,17H,4-5,7,10,12-13H2,1-2H3,(H,22,28)(H,24,25)(H,26,27)(H,29,30);1H4;;;2*1H2. The van der Waals surface area contributed by atoms with Gasteiger partial charge < -0.3 is 31.6 Å². The molecule has 0 fully saturated rings. The van der Waals surface area contributed by atoms with Gasteiger partial charge in [-0.3, -0.25) is 24.1 Å². The molecule has 0 radical (unpaired) electrons. The number of amides is 1. The van der Waals surface area contributed by atoms with E-state index in [1.165, 1.54) is 0 Å². The average molecular weight is 783 g/mol. The minimum Gasteiger partial charge on any atom is -0.480 e. The van der Waals surface area contributed by atoms with Gasteiger partial charge in [0.15, 0.2) is 0 Å². The van der Waals surface area contributed by atoms with Gasteiger partial charge in [-0.1, -0.05) is 19.4 Å². The summed E-state index contributed by atoms with van der Waals surface area (Å²) in [6.07, 6.45) is 0.886. The summed E-state index contributed by atoms with van der Waals surface area (Å²) in [5, 5.41) is 29.9. The maximum atomic E-state index is 12.4. The number of hydrogen-bond donors (Lipinski definition) is 4. The van der Waals surface area contributed by atoms with Crippen LogP contribution in [-0.4, -0.2) is 80.7 Å². The van der Waals surface area contributed by atoms with Crippen molar-refractivity contribution in [2.75, 3.05) is 19.6 Å². The van der Waals surface area contributed by atoms with E-state index >= 15 is 0 Å². The molecule has 1 aromatic carbocycles. The van der Waals surface area contributed by atoms with E-state index in [1.807, 2.05) is 19.1 Å². The van der Waals surface area contributed by atoms with E-state index in [0.29, 0.717) is 24.9 Å². The van der Waals surface area contributed by atoms with Gasteiger partial charge in [-0.15, -0.1) is 5.92 Å². The van der Waals surface area contributed by atoms with E-state index in [4.69, 9.17) is 10.2 Å². The minimum absolute atomic E-state index is 0. The molecule has 1 aromatic rings. The number of carboxylic acids is 3. The second kappa shape index (κ2) is 25.2. The van der Waals surface area contributed by atoms with Crippen molar-refractivity contribution >= 4 is 61.0 Å². The Hall–Kier alpha value is -1.51. The molecule has 11 nitrogen and oxygen atoms in total. The third kappa shape index (κ3) is 17.8. The Morgan fingerprint density at radius 1 is 1.03 bits per heavy atom. The number of carboxylic acid groups (broad SMARTS) is 3. The van der Waals surface area contributed by atoms with Crippen molar-refractivity contribution in [2.24, 2.45) is 0 Å². The fourth-order valence-electron chi connectivity index (χ4n) is 2.93. The Bertz CT molecular complexity index is 861. The number of nitrogens with one attached hydrogen (secondary N) is 1. The molecule has 0 aliphatic carbocycles. The number of benzene rings is 1. The number of aryl methyl sites for hydroxylation is 1. The predicted molar refractivity (Wildman–Crippen MR) is 150 cm³/mol. The summed E-state index contributed by atoms with van der Waals surface area (Å²) in [6, 6.07) is 4.11. The zero-order valence-electron chi connectivity index (χ0n) is 19.0. The number of aliphatic carboxylic acids is 3.